The average Bonchev–Trinajstić information content (AvgIpc) is 2.28. The molecule has 0 spiro atoms. The van der Waals surface area contributed by atoms with Crippen molar-refractivity contribution in [2.75, 3.05) is 30.8 Å². The third-order valence-corrected chi connectivity index (χ3v) is 1.90. The first-order valence-electron chi connectivity index (χ1n) is 4.82. The first-order valence-corrected chi connectivity index (χ1v) is 4.82. The van der Waals surface area contributed by atoms with Gasteiger partial charge in [-0.3, -0.25) is 0 Å². The fraction of sp³-hybridized carbons (Fsp3) is 0.400. The lowest BCUT2D eigenvalue weighted by molar-refractivity contribution is 0.178. The zero-order chi connectivity index (χ0) is 12.7. The van der Waals surface area contributed by atoms with Crippen LogP contribution in [-0.4, -0.2) is 30.2 Å². The molecule has 0 radical (unpaired) electrons. The predicted molar refractivity (Wildman–Crippen MR) is 60.6 cm³/mol. The minimum absolute atomic E-state index is 0.0659. The van der Waals surface area contributed by atoms with Crippen molar-refractivity contribution in [1.82, 2.24) is 9.97 Å². The highest BCUT2D eigenvalue weighted by molar-refractivity contribution is 5.48. The summed E-state index contributed by atoms with van der Waals surface area (Å²) in [5.41, 5.74) is 5.62. The molecular weight excluding hydrogens is 220 g/mol. The average molecular weight is 232 g/mol. The SMILES string of the molecule is COCc1nc(N)cc(N(CC#N)CC#N)n1. The smallest absolute Gasteiger partial charge is 0.158 e. The van der Waals surface area contributed by atoms with Crippen molar-refractivity contribution in [3.63, 3.8) is 0 Å². The zero-order valence-corrected chi connectivity index (χ0v) is 9.42. The number of nitrogens with zero attached hydrogens (tertiary/aromatic N) is 5. The van der Waals surface area contributed by atoms with Crippen molar-refractivity contribution in [2.45, 2.75) is 6.61 Å². The van der Waals surface area contributed by atoms with E-state index in [4.69, 9.17) is 21.0 Å². The highest BCUT2D eigenvalue weighted by Crippen LogP contribution is 2.13. The molecule has 7 heteroatoms. The number of aromatic nitrogens is 2. The van der Waals surface area contributed by atoms with Gasteiger partial charge in [0.1, 0.15) is 31.3 Å². The van der Waals surface area contributed by atoms with Crippen LogP contribution in [0.15, 0.2) is 6.07 Å². The number of hydrogen-bond donors (Lipinski definition) is 1. The van der Waals surface area contributed by atoms with Crippen LogP contribution in [-0.2, 0) is 11.3 Å². The molecule has 1 aromatic heterocycles. The lowest BCUT2D eigenvalue weighted by Crippen LogP contribution is -2.25. The van der Waals surface area contributed by atoms with Crippen LogP contribution < -0.4 is 10.6 Å². The number of anilines is 2. The van der Waals surface area contributed by atoms with Gasteiger partial charge in [0.05, 0.1) is 12.1 Å². The molecule has 1 aromatic rings. The second-order valence-corrected chi connectivity index (χ2v) is 3.17. The Morgan fingerprint density at radius 1 is 1.35 bits per heavy atom. The van der Waals surface area contributed by atoms with E-state index < -0.39 is 0 Å². The highest BCUT2D eigenvalue weighted by Gasteiger charge is 2.10. The van der Waals surface area contributed by atoms with Crippen molar-refractivity contribution in [3.05, 3.63) is 11.9 Å². The third kappa shape index (κ3) is 3.59. The number of ether oxygens (including phenoxy) is 1. The summed E-state index contributed by atoms with van der Waals surface area (Å²) in [6.07, 6.45) is 0. The van der Waals surface area contributed by atoms with Crippen molar-refractivity contribution < 1.29 is 4.74 Å². The summed E-state index contributed by atoms with van der Waals surface area (Å²) in [4.78, 5) is 9.65. The molecule has 1 heterocycles. The van der Waals surface area contributed by atoms with E-state index in [2.05, 4.69) is 9.97 Å². The molecule has 17 heavy (non-hydrogen) atoms. The molecule has 0 amide bonds. The van der Waals surface area contributed by atoms with Gasteiger partial charge in [-0.05, 0) is 0 Å². The van der Waals surface area contributed by atoms with Crippen LogP contribution in [0, 0.1) is 22.7 Å². The number of nitrogens with two attached hydrogens (primary N) is 1. The first-order chi connectivity index (χ1) is 8.21. The third-order valence-electron chi connectivity index (χ3n) is 1.90. The molecule has 0 aliphatic carbocycles. The predicted octanol–water partition coefficient (Wildman–Crippen LogP) is 0.0588. The summed E-state index contributed by atoms with van der Waals surface area (Å²) in [5.74, 6) is 1.15. The van der Waals surface area contributed by atoms with Crippen LogP contribution in [0.5, 0.6) is 0 Å². The number of nitrogen functional groups attached to an aromatic ring is 1. The number of rotatable bonds is 5. The molecule has 0 bridgehead atoms. The Labute approximate surface area is 99.1 Å². The monoisotopic (exact) mass is 232 g/mol. The van der Waals surface area contributed by atoms with Crippen LogP contribution in [0.3, 0.4) is 0 Å². The first kappa shape index (κ1) is 12.7. The minimum atomic E-state index is 0.0659. The standard InChI is InChI=1S/C10H12N6O/c1-17-7-9-14-8(13)6-10(15-9)16(4-2-11)5-3-12/h6H,4-5,7H2,1H3,(H2,13,14,15). The Balaban J connectivity index is 3.02. The van der Waals surface area contributed by atoms with E-state index in [1.165, 1.54) is 18.1 Å². The molecule has 1 rings (SSSR count). The molecule has 88 valence electrons. The minimum Gasteiger partial charge on any atom is -0.384 e. The largest absolute Gasteiger partial charge is 0.384 e. The van der Waals surface area contributed by atoms with E-state index in [1.807, 2.05) is 12.1 Å². The summed E-state index contributed by atoms with van der Waals surface area (Å²) < 4.78 is 4.91. The Kier molecular flexibility index (Phi) is 4.67. The normalized spacial score (nSPS) is 9.35. The van der Waals surface area contributed by atoms with Gasteiger partial charge in [-0.1, -0.05) is 0 Å². The second kappa shape index (κ2) is 6.26. The van der Waals surface area contributed by atoms with Gasteiger partial charge in [0, 0.05) is 13.2 Å². The van der Waals surface area contributed by atoms with Gasteiger partial charge in [-0.25, -0.2) is 9.97 Å². The van der Waals surface area contributed by atoms with Crippen molar-refractivity contribution in [1.29, 1.82) is 10.5 Å². The molecule has 7 nitrogen and oxygen atoms in total. The van der Waals surface area contributed by atoms with Gasteiger partial charge >= 0.3 is 0 Å². The van der Waals surface area contributed by atoms with Crippen molar-refractivity contribution in [2.24, 2.45) is 0 Å². The fourth-order valence-electron chi connectivity index (χ4n) is 1.25. The second-order valence-electron chi connectivity index (χ2n) is 3.17. The molecule has 0 atom stereocenters. The van der Waals surface area contributed by atoms with Crippen molar-refractivity contribution >= 4 is 11.6 Å². The van der Waals surface area contributed by atoms with Gasteiger partial charge in [0.2, 0.25) is 0 Å². The molecular formula is C10H12N6O. The van der Waals surface area contributed by atoms with E-state index in [-0.39, 0.29) is 25.5 Å². The van der Waals surface area contributed by atoms with Crippen LogP contribution >= 0.6 is 0 Å². The Bertz CT molecular complexity index is 445. The van der Waals surface area contributed by atoms with E-state index in [0.29, 0.717) is 11.6 Å². The lowest BCUT2D eigenvalue weighted by atomic mass is 10.4. The van der Waals surface area contributed by atoms with E-state index in [1.54, 1.807) is 0 Å². The molecule has 0 saturated carbocycles. The van der Waals surface area contributed by atoms with E-state index >= 15 is 0 Å². The van der Waals surface area contributed by atoms with Gasteiger partial charge in [0.15, 0.2) is 5.82 Å². The Hall–Kier alpha value is -2.38. The molecule has 2 N–H and O–H groups in total. The quantitative estimate of drug-likeness (QED) is 0.714. The van der Waals surface area contributed by atoms with Gasteiger partial charge in [-0.2, -0.15) is 10.5 Å². The lowest BCUT2D eigenvalue weighted by Gasteiger charge is -2.17. The molecule has 0 aromatic carbocycles. The summed E-state index contributed by atoms with van der Waals surface area (Å²) in [7, 11) is 1.52. The highest BCUT2D eigenvalue weighted by atomic mass is 16.5. The fourth-order valence-corrected chi connectivity index (χ4v) is 1.25. The number of methoxy groups -OCH3 is 1. The molecule has 0 aliphatic rings. The Morgan fingerprint density at radius 3 is 2.53 bits per heavy atom. The molecule has 0 unspecified atom stereocenters. The summed E-state index contributed by atoms with van der Waals surface area (Å²) in [6, 6.07) is 5.45. The van der Waals surface area contributed by atoms with Gasteiger partial charge in [-0.15, -0.1) is 0 Å². The van der Waals surface area contributed by atoms with Gasteiger partial charge in [0.25, 0.3) is 0 Å². The maximum Gasteiger partial charge on any atom is 0.158 e. The molecule has 0 fully saturated rings. The summed E-state index contributed by atoms with van der Waals surface area (Å²) in [5, 5.41) is 17.3. The molecule has 0 saturated heterocycles. The van der Waals surface area contributed by atoms with Gasteiger partial charge < -0.3 is 15.4 Å². The van der Waals surface area contributed by atoms with E-state index in [9.17, 15) is 0 Å². The van der Waals surface area contributed by atoms with Crippen LogP contribution in [0.25, 0.3) is 0 Å². The number of nitriles is 2. The zero-order valence-electron chi connectivity index (χ0n) is 9.42. The summed E-state index contributed by atoms with van der Waals surface area (Å²) in [6.45, 7) is 0.359. The maximum atomic E-state index is 8.67. The summed E-state index contributed by atoms with van der Waals surface area (Å²) >= 11 is 0. The topological polar surface area (TPSA) is 112 Å². The van der Waals surface area contributed by atoms with Crippen LogP contribution in [0.4, 0.5) is 11.6 Å². The Morgan fingerprint density at radius 2 is 2.00 bits per heavy atom. The van der Waals surface area contributed by atoms with Crippen molar-refractivity contribution in [3.8, 4) is 12.1 Å². The van der Waals surface area contributed by atoms with Crippen LogP contribution in [0.2, 0.25) is 0 Å². The number of hydrogen-bond acceptors (Lipinski definition) is 7. The van der Waals surface area contributed by atoms with Crippen LogP contribution in [0.1, 0.15) is 5.82 Å². The van der Waals surface area contributed by atoms with E-state index in [0.717, 1.165) is 0 Å². The maximum absolute atomic E-state index is 8.67. The molecule has 0 aliphatic heterocycles.